The highest BCUT2D eigenvalue weighted by atomic mass is 32.1. The number of rotatable bonds is 6. The van der Waals surface area contributed by atoms with Gasteiger partial charge in [-0.1, -0.05) is 19.8 Å². The zero-order chi connectivity index (χ0) is 15.9. The van der Waals surface area contributed by atoms with Gasteiger partial charge in [-0.2, -0.15) is 0 Å². The van der Waals surface area contributed by atoms with Crippen LogP contribution in [0.25, 0.3) is 0 Å². The summed E-state index contributed by atoms with van der Waals surface area (Å²) in [6.07, 6.45) is 5.96. The fourth-order valence-electron chi connectivity index (χ4n) is 3.04. The van der Waals surface area contributed by atoms with E-state index in [0.717, 1.165) is 49.2 Å². The SMILES string of the molecule is CCc1nc(CCNC(=O)N[C@@H]2CCCC[C@@H]2CO)sc1C. The van der Waals surface area contributed by atoms with Gasteiger partial charge in [-0.15, -0.1) is 11.3 Å². The highest BCUT2D eigenvalue weighted by molar-refractivity contribution is 7.11. The Balaban J connectivity index is 1.73. The first kappa shape index (κ1) is 17.2. The van der Waals surface area contributed by atoms with Gasteiger partial charge in [0.25, 0.3) is 0 Å². The predicted molar refractivity (Wildman–Crippen MR) is 89.3 cm³/mol. The summed E-state index contributed by atoms with van der Waals surface area (Å²) in [7, 11) is 0. The molecule has 22 heavy (non-hydrogen) atoms. The van der Waals surface area contributed by atoms with Gasteiger partial charge in [0.05, 0.1) is 10.7 Å². The Morgan fingerprint density at radius 2 is 2.18 bits per heavy atom. The van der Waals surface area contributed by atoms with Crippen molar-refractivity contribution in [3.05, 3.63) is 15.6 Å². The van der Waals surface area contributed by atoms with Gasteiger partial charge in [0.15, 0.2) is 0 Å². The van der Waals surface area contributed by atoms with Gasteiger partial charge in [0, 0.05) is 36.4 Å². The molecule has 2 atom stereocenters. The summed E-state index contributed by atoms with van der Waals surface area (Å²) < 4.78 is 0. The molecule has 124 valence electrons. The van der Waals surface area contributed by atoms with Crippen LogP contribution in [0, 0.1) is 12.8 Å². The van der Waals surface area contributed by atoms with E-state index in [2.05, 4.69) is 29.5 Å². The Morgan fingerprint density at radius 1 is 1.41 bits per heavy atom. The zero-order valence-electron chi connectivity index (χ0n) is 13.5. The third kappa shape index (κ3) is 4.68. The maximum atomic E-state index is 12.0. The molecular formula is C16H27N3O2S. The summed E-state index contributed by atoms with van der Waals surface area (Å²) >= 11 is 1.71. The second-order valence-electron chi connectivity index (χ2n) is 5.95. The largest absolute Gasteiger partial charge is 0.396 e. The first-order valence-corrected chi connectivity index (χ1v) is 9.06. The molecule has 6 heteroatoms. The molecule has 1 heterocycles. The van der Waals surface area contributed by atoms with Crippen molar-refractivity contribution in [3.63, 3.8) is 0 Å². The smallest absolute Gasteiger partial charge is 0.315 e. The molecule has 0 unspecified atom stereocenters. The van der Waals surface area contributed by atoms with Crippen LogP contribution in [0.3, 0.4) is 0 Å². The van der Waals surface area contributed by atoms with Crippen LogP contribution in [-0.2, 0) is 12.8 Å². The molecule has 0 aromatic carbocycles. The lowest BCUT2D eigenvalue weighted by atomic mass is 9.85. The first-order chi connectivity index (χ1) is 10.6. The highest BCUT2D eigenvalue weighted by Crippen LogP contribution is 2.23. The van der Waals surface area contributed by atoms with E-state index in [1.165, 1.54) is 4.88 Å². The van der Waals surface area contributed by atoms with E-state index in [9.17, 15) is 9.90 Å². The van der Waals surface area contributed by atoms with Gasteiger partial charge in [-0.05, 0) is 26.2 Å². The number of thiazole rings is 1. The van der Waals surface area contributed by atoms with E-state index in [0.29, 0.717) is 6.54 Å². The normalized spacial score (nSPS) is 21.6. The maximum absolute atomic E-state index is 12.0. The van der Waals surface area contributed by atoms with E-state index in [1.54, 1.807) is 11.3 Å². The lowest BCUT2D eigenvalue weighted by molar-refractivity contribution is 0.154. The number of nitrogens with zero attached hydrogens (tertiary/aromatic N) is 1. The molecule has 1 aliphatic rings. The monoisotopic (exact) mass is 325 g/mol. The Kier molecular flexibility index (Phi) is 6.64. The van der Waals surface area contributed by atoms with Crippen molar-refractivity contribution in [2.24, 2.45) is 5.92 Å². The van der Waals surface area contributed by atoms with E-state index >= 15 is 0 Å². The van der Waals surface area contributed by atoms with Gasteiger partial charge in [0.2, 0.25) is 0 Å². The van der Waals surface area contributed by atoms with Crippen LogP contribution >= 0.6 is 11.3 Å². The van der Waals surface area contributed by atoms with Gasteiger partial charge in [-0.3, -0.25) is 0 Å². The number of aliphatic hydroxyl groups is 1. The summed E-state index contributed by atoms with van der Waals surface area (Å²) in [5.74, 6) is 0.202. The summed E-state index contributed by atoms with van der Waals surface area (Å²) in [5.41, 5.74) is 1.16. The average molecular weight is 325 g/mol. The Labute approximate surface area is 136 Å². The molecule has 0 spiro atoms. The molecule has 1 fully saturated rings. The van der Waals surface area contributed by atoms with Crippen LogP contribution in [0.15, 0.2) is 0 Å². The van der Waals surface area contributed by atoms with Crippen molar-refractivity contribution in [1.82, 2.24) is 15.6 Å². The van der Waals surface area contributed by atoms with Crippen LogP contribution in [0.5, 0.6) is 0 Å². The maximum Gasteiger partial charge on any atom is 0.315 e. The minimum Gasteiger partial charge on any atom is -0.396 e. The fraction of sp³-hybridized carbons (Fsp3) is 0.750. The number of aromatic nitrogens is 1. The Hall–Kier alpha value is -1.14. The molecule has 0 aliphatic heterocycles. The fourth-order valence-corrected chi connectivity index (χ4v) is 4.06. The van der Waals surface area contributed by atoms with Crippen LogP contribution < -0.4 is 10.6 Å². The van der Waals surface area contributed by atoms with Gasteiger partial charge >= 0.3 is 6.03 Å². The lowest BCUT2D eigenvalue weighted by Gasteiger charge is -2.30. The Bertz CT molecular complexity index is 490. The summed E-state index contributed by atoms with van der Waals surface area (Å²) in [6, 6.07) is -0.0260. The lowest BCUT2D eigenvalue weighted by Crippen LogP contribution is -2.48. The molecule has 0 radical (unpaired) electrons. The summed E-state index contributed by atoms with van der Waals surface area (Å²) in [4.78, 5) is 17.8. The van der Waals surface area contributed by atoms with Crippen molar-refractivity contribution >= 4 is 17.4 Å². The number of amides is 2. The molecule has 1 saturated carbocycles. The second kappa shape index (κ2) is 8.48. The summed E-state index contributed by atoms with van der Waals surface area (Å²) in [6.45, 7) is 4.96. The summed E-state index contributed by atoms with van der Waals surface area (Å²) in [5, 5.41) is 16.4. The highest BCUT2D eigenvalue weighted by Gasteiger charge is 2.25. The quantitative estimate of drug-likeness (QED) is 0.752. The number of hydrogen-bond acceptors (Lipinski definition) is 4. The van der Waals surface area contributed by atoms with Crippen molar-refractivity contribution < 1.29 is 9.90 Å². The molecule has 0 saturated heterocycles. The Morgan fingerprint density at radius 3 is 2.86 bits per heavy atom. The van der Waals surface area contributed by atoms with Crippen LogP contribution in [0.4, 0.5) is 4.79 Å². The third-order valence-electron chi connectivity index (χ3n) is 4.36. The molecule has 1 aliphatic carbocycles. The van der Waals surface area contributed by atoms with Crippen LogP contribution in [-0.4, -0.2) is 35.3 Å². The number of nitrogens with one attached hydrogen (secondary N) is 2. The molecule has 0 bridgehead atoms. The number of aryl methyl sites for hydroxylation is 2. The number of aliphatic hydroxyl groups excluding tert-OH is 1. The molecule has 2 amide bonds. The van der Waals surface area contributed by atoms with E-state index in [1.807, 2.05) is 0 Å². The molecular weight excluding hydrogens is 298 g/mol. The van der Waals surface area contributed by atoms with Gasteiger partial charge < -0.3 is 15.7 Å². The first-order valence-electron chi connectivity index (χ1n) is 8.24. The van der Waals surface area contributed by atoms with E-state index in [4.69, 9.17) is 0 Å². The van der Waals surface area contributed by atoms with Crippen molar-refractivity contribution in [3.8, 4) is 0 Å². The molecule has 1 aromatic rings. The topological polar surface area (TPSA) is 74.2 Å². The number of carbonyl (C=O) groups excluding carboxylic acids is 1. The van der Waals surface area contributed by atoms with Crippen molar-refractivity contribution in [2.75, 3.05) is 13.2 Å². The number of hydrogen-bond donors (Lipinski definition) is 3. The zero-order valence-corrected chi connectivity index (χ0v) is 14.3. The molecule has 2 rings (SSSR count). The molecule has 3 N–H and O–H groups in total. The second-order valence-corrected chi connectivity index (χ2v) is 7.24. The van der Waals surface area contributed by atoms with Crippen molar-refractivity contribution in [1.29, 1.82) is 0 Å². The molecule has 1 aromatic heterocycles. The predicted octanol–water partition coefficient (Wildman–Crippen LogP) is 2.41. The minimum absolute atomic E-state index is 0.104. The third-order valence-corrected chi connectivity index (χ3v) is 5.43. The van der Waals surface area contributed by atoms with E-state index in [-0.39, 0.29) is 24.6 Å². The van der Waals surface area contributed by atoms with Gasteiger partial charge in [-0.25, -0.2) is 9.78 Å². The standard InChI is InChI=1S/C16H27N3O2S/c1-3-13-11(2)22-15(18-13)8-9-17-16(21)19-14-7-5-4-6-12(14)10-20/h12,14,20H,3-10H2,1-2H3,(H2,17,19,21)/t12-,14-/m1/s1. The van der Waals surface area contributed by atoms with Crippen molar-refractivity contribution in [2.45, 2.75) is 58.4 Å². The average Bonchev–Trinajstić information content (AvgIpc) is 2.88. The number of carbonyl (C=O) groups is 1. The van der Waals surface area contributed by atoms with Gasteiger partial charge in [0.1, 0.15) is 0 Å². The van der Waals surface area contributed by atoms with Crippen LogP contribution in [0.1, 0.15) is 48.2 Å². The van der Waals surface area contributed by atoms with E-state index < -0.39 is 0 Å². The number of urea groups is 1. The minimum atomic E-state index is -0.130. The molecule has 5 nitrogen and oxygen atoms in total. The van der Waals surface area contributed by atoms with Crippen LogP contribution in [0.2, 0.25) is 0 Å².